The van der Waals surface area contributed by atoms with Gasteiger partial charge in [0.2, 0.25) is 0 Å². The molecule has 0 spiro atoms. The molecule has 0 radical (unpaired) electrons. The Kier molecular flexibility index (Phi) is 13.6. The highest BCUT2D eigenvalue weighted by Crippen LogP contribution is 2.73. The summed E-state index contributed by atoms with van der Waals surface area (Å²) in [6.07, 6.45) is 25.9. The lowest BCUT2D eigenvalue weighted by Gasteiger charge is -2.54. The summed E-state index contributed by atoms with van der Waals surface area (Å²) in [4.78, 5) is 6.30. The molecule has 1 aliphatic heterocycles. The SMILES string of the molecule is CCCC[C@H]1[C@H](CCCC)N(c2c(C)cc(C)cc2C)C(=P(C2CCCCC2)(C2CCCCC2)C2CCC(Cl)(Cl)CC2)N1c1c(C)cc(C)cc1C. The van der Waals surface area contributed by atoms with Crippen molar-refractivity contribution in [1.29, 1.82) is 0 Å². The fraction of sp³-hybridized carbons (Fsp3) is 0.723. The number of benzene rings is 2. The first kappa shape index (κ1) is 40.6. The van der Waals surface area contributed by atoms with E-state index in [-0.39, 0.29) is 0 Å². The van der Waals surface area contributed by atoms with E-state index in [0.29, 0.717) is 17.7 Å². The maximum absolute atomic E-state index is 7.09. The van der Waals surface area contributed by atoms with E-state index in [1.165, 1.54) is 149 Å². The standard InChI is InChI=1S/C47H73Cl2N2P/c1-9-11-23-42-43(24-12-10-2)51(45-37(7)31-34(4)32-38(45)8)46(50(42)44-35(5)29-33(3)30-36(44)6)52(39-19-15-13-16-20-39,40-21-17-14-18-22-40)41-25-27-47(48,49)28-26-41/h29-32,39-43H,9-28H2,1-8H3/t42-,43-/m0/s1. The fourth-order valence-electron chi connectivity index (χ4n) is 12.1. The first-order valence-corrected chi connectivity index (χ1v) is 24.6. The minimum absolute atomic E-state index is 0.469. The highest BCUT2D eigenvalue weighted by atomic mass is 35.5. The van der Waals surface area contributed by atoms with Crippen molar-refractivity contribution >= 4 is 47.0 Å². The second-order valence-corrected chi connectivity index (χ2v) is 23.9. The molecule has 0 N–H and O–H groups in total. The van der Waals surface area contributed by atoms with E-state index in [1.807, 2.05) is 5.54 Å². The number of hydrogen-bond donors (Lipinski definition) is 0. The Labute approximate surface area is 330 Å². The summed E-state index contributed by atoms with van der Waals surface area (Å²) in [5, 5.41) is 0. The molecule has 2 nitrogen and oxygen atoms in total. The van der Waals surface area contributed by atoms with Crippen LogP contribution in [0.15, 0.2) is 24.3 Å². The van der Waals surface area contributed by atoms with Crippen LogP contribution in [0.3, 0.4) is 0 Å². The maximum atomic E-state index is 7.09. The van der Waals surface area contributed by atoms with Gasteiger partial charge in [-0.1, -0.05) is 120 Å². The quantitative estimate of drug-likeness (QED) is 0.166. The van der Waals surface area contributed by atoms with Gasteiger partial charge in [-0.3, -0.25) is 0 Å². The molecule has 6 rings (SSSR count). The number of hydrogen-bond acceptors (Lipinski definition) is 0. The molecule has 2 aromatic carbocycles. The molecule has 3 aliphatic carbocycles. The van der Waals surface area contributed by atoms with Gasteiger partial charge in [0.05, 0.1) is 12.1 Å². The average Bonchev–Trinajstić information content (AvgIpc) is 3.40. The molecule has 3 saturated carbocycles. The zero-order valence-corrected chi connectivity index (χ0v) is 36.8. The molecule has 4 fully saturated rings. The van der Waals surface area contributed by atoms with E-state index < -0.39 is 11.2 Å². The lowest BCUT2D eigenvalue weighted by atomic mass is 9.94. The topological polar surface area (TPSA) is 6.48 Å². The molecule has 1 heterocycles. The minimum atomic E-state index is -1.86. The highest BCUT2D eigenvalue weighted by molar-refractivity contribution is 7.78. The number of halogens is 2. The van der Waals surface area contributed by atoms with Gasteiger partial charge < -0.3 is 9.80 Å². The first-order chi connectivity index (χ1) is 24.9. The van der Waals surface area contributed by atoms with E-state index >= 15 is 0 Å². The molecule has 5 heteroatoms. The second-order valence-electron chi connectivity index (χ2n) is 18.0. The summed E-state index contributed by atoms with van der Waals surface area (Å²) in [5.41, 5.74) is 15.9. The van der Waals surface area contributed by atoms with Crippen LogP contribution in [0.4, 0.5) is 11.4 Å². The van der Waals surface area contributed by atoms with Crippen LogP contribution in [0.5, 0.6) is 0 Å². The van der Waals surface area contributed by atoms with Gasteiger partial charge in [-0.2, -0.15) is 0 Å². The van der Waals surface area contributed by atoms with Crippen molar-refractivity contribution in [2.75, 3.05) is 9.80 Å². The summed E-state index contributed by atoms with van der Waals surface area (Å²) in [5.74, 6) is 0. The maximum Gasteiger partial charge on any atom is 0.118 e. The zero-order valence-electron chi connectivity index (χ0n) is 34.4. The molecule has 290 valence electrons. The van der Waals surface area contributed by atoms with Gasteiger partial charge in [-0.05, 0) is 145 Å². The summed E-state index contributed by atoms with van der Waals surface area (Å²) in [7, 11) is 0. The Morgan fingerprint density at radius 2 is 0.904 bits per heavy atom. The number of aryl methyl sites for hydroxylation is 6. The third kappa shape index (κ3) is 7.94. The molecule has 1 saturated heterocycles. The van der Waals surface area contributed by atoms with Crippen LogP contribution in [0.25, 0.3) is 0 Å². The molecule has 0 aromatic heterocycles. The summed E-state index contributed by atoms with van der Waals surface area (Å²) >= 11 is 14.2. The van der Waals surface area contributed by atoms with Crippen LogP contribution >= 0.6 is 30.1 Å². The normalized spacial score (nSPS) is 23.9. The Morgan fingerprint density at radius 3 is 1.25 bits per heavy atom. The van der Waals surface area contributed by atoms with Crippen molar-refractivity contribution in [1.82, 2.24) is 0 Å². The Hall–Kier alpha value is -1.08. The molecule has 0 amide bonds. The molecular weight excluding hydrogens is 694 g/mol. The monoisotopic (exact) mass is 766 g/mol. The van der Waals surface area contributed by atoms with E-state index in [9.17, 15) is 0 Å². The lowest BCUT2D eigenvalue weighted by molar-refractivity contribution is 0.449. The zero-order chi connectivity index (χ0) is 37.2. The Balaban J connectivity index is 1.83. The first-order valence-electron chi connectivity index (χ1n) is 21.8. The van der Waals surface area contributed by atoms with Crippen molar-refractivity contribution in [3.8, 4) is 0 Å². The van der Waals surface area contributed by atoms with Crippen molar-refractivity contribution in [2.45, 2.75) is 217 Å². The number of unbranched alkanes of at least 4 members (excludes halogenated alkanes) is 2. The second kappa shape index (κ2) is 17.4. The van der Waals surface area contributed by atoms with Crippen molar-refractivity contribution in [3.63, 3.8) is 0 Å². The van der Waals surface area contributed by atoms with E-state index in [4.69, 9.17) is 23.2 Å². The van der Waals surface area contributed by atoms with Gasteiger partial charge in [0.15, 0.2) is 0 Å². The Bertz CT molecular complexity index is 1430. The number of alkyl halides is 2. The molecule has 2 aromatic rings. The molecule has 0 bridgehead atoms. The number of anilines is 2. The van der Waals surface area contributed by atoms with Crippen molar-refractivity contribution in [3.05, 3.63) is 57.6 Å². The van der Waals surface area contributed by atoms with Gasteiger partial charge in [0, 0.05) is 11.4 Å². The molecular formula is C47H73Cl2N2P. The van der Waals surface area contributed by atoms with Gasteiger partial charge in [0.1, 0.15) is 9.87 Å². The van der Waals surface area contributed by atoms with Crippen LogP contribution in [0.2, 0.25) is 0 Å². The van der Waals surface area contributed by atoms with Gasteiger partial charge in [0.25, 0.3) is 0 Å². The summed E-state index contributed by atoms with van der Waals surface area (Å²) in [6.45, 7) is 17.3. The number of nitrogens with zero attached hydrogens (tertiary/aromatic N) is 2. The fourth-order valence-corrected chi connectivity index (χ4v) is 20.1. The third-order valence-electron chi connectivity index (χ3n) is 14.0. The van der Waals surface area contributed by atoms with Crippen molar-refractivity contribution < 1.29 is 0 Å². The van der Waals surface area contributed by atoms with Crippen LogP contribution in [0, 0.1) is 41.5 Å². The van der Waals surface area contributed by atoms with Gasteiger partial charge in [-0.25, -0.2) is 0 Å². The molecule has 0 unspecified atom stereocenters. The predicted molar refractivity (Wildman–Crippen MR) is 235 cm³/mol. The van der Waals surface area contributed by atoms with Crippen LogP contribution in [-0.2, 0) is 0 Å². The lowest BCUT2D eigenvalue weighted by Crippen LogP contribution is -2.46. The summed E-state index contributed by atoms with van der Waals surface area (Å²) < 4.78 is -0.577. The van der Waals surface area contributed by atoms with E-state index in [1.54, 1.807) is 11.4 Å². The number of rotatable bonds is 11. The molecule has 4 aliphatic rings. The van der Waals surface area contributed by atoms with E-state index in [2.05, 4.69) is 89.5 Å². The molecule has 2 atom stereocenters. The minimum Gasteiger partial charge on any atom is -0.322 e. The van der Waals surface area contributed by atoms with Crippen molar-refractivity contribution in [2.24, 2.45) is 0 Å². The summed E-state index contributed by atoms with van der Waals surface area (Å²) in [6, 6.07) is 10.9. The molecule has 52 heavy (non-hydrogen) atoms. The Morgan fingerprint density at radius 1 is 0.558 bits per heavy atom. The van der Waals surface area contributed by atoms with Crippen LogP contribution in [-0.4, -0.2) is 38.9 Å². The van der Waals surface area contributed by atoms with Gasteiger partial charge in [-0.15, -0.1) is 23.2 Å². The highest BCUT2D eigenvalue weighted by Gasteiger charge is 2.55. The smallest absolute Gasteiger partial charge is 0.118 e. The van der Waals surface area contributed by atoms with Gasteiger partial charge >= 0.3 is 0 Å². The van der Waals surface area contributed by atoms with Crippen LogP contribution < -0.4 is 9.80 Å². The van der Waals surface area contributed by atoms with E-state index in [0.717, 1.165) is 24.2 Å². The third-order valence-corrected chi connectivity index (χ3v) is 21.0. The predicted octanol–water partition coefficient (Wildman–Crippen LogP) is 14.9. The largest absolute Gasteiger partial charge is 0.322 e. The average molecular weight is 768 g/mol. The van der Waals surface area contributed by atoms with Crippen LogP contribution in [0.1, 0.15) is 176 Å².